The van der Waals surface area contributed by atoms with Crippen molar-refractivity contribution >= 4 is 29.2 Å². The Morgan fingerprint density at radius 3 is 2.74 bits per heavy atom. The molecule has 2 bridgehead atoms. The predicted molar refractivity (Wildman–Crippen MR) is 165 cm³/mol. The largest absolute Gasteiger partial charge is 0.490 e. The smallest absolute Gasteiger partial charge is 0.340 e. The molecule has 0 radical (unpaired) electrons. The van der Waals surface area contributed by atoms with Crippen molar-refractivity contribution in [2.24, 2.45) is 11.8 Å². The van der Waals surface area contributed by atoms with E-state index in [9.17, 15) is 19.8 Å². The van der Waals surface area contributed by atoms with E-state index in [1.54, 1.807) is 32.4 Å². The van der Waals surface area contributed by atoms with Gasteiger partial charge in [0.25, 0.3) is 0 Å². The Balaban J connectivity index is 1.46. The number of aryl methyl sites for hydroxylation is 1. The van der Waals surface area contributed by atoms with Crippen molar-refractivity contribution in [3.8, 4) is 5.75 Å². The zero-order valence-corrected chi connectivity index (χ0v) is 25.7. The standard InChI is InChI=1S/C34H41ClN2O6/c1-36-15-4-3-7-29(42-2)26-11-8-23(26)19-37-20-33(14-5-6-22-16-25(35)10-12-27(22)33)21-43-30-13-9-24(17-28(30)37)34(41,32(39)40)18-31(36)38/h3-4,9-10,12-13,16-17,23,26,29,41H,5-8,11,14-15,18-21H2,1-2H3,(H,39,40)/b4-3-/t23-,26+,29-,33-,34+/m0/s1. The van der Waals surface area contributed by atoms with E-state index in [0.29, 0.717) is 37.3 Å². The topological polar surface area (TPSA) is 99.5 Å². The molecule has 1 spiro atoms. The molecular weight excluding hydrogens is 568 g/mol. The Hall–Kier alpha value is -3.07. The van der Waals surface area contributed by atoms with Crippen molar-refractivity contribution < 1.29 is 29.3 Å². The lowest BCUT2D eigenvalue weighted by Crippen LogP contribution is -2.50. The number of nitrogens with zero attached hydrogens (tertiary/aromatic N) is 2. The van der Waals surface area contributed by atoms with Gasteiger partial charge in [-0.2, -0.15) is 0 Å². The summed E-state index contributed by atoms with van der Waals surface area (Å²) in [5.74, 6) is -0.496. The number of carboxylic acids is 1. The molecule has 9 heteroatoms. The van der Waals surface area contributed by atoms with Gasteiger partial charge in [0, 0.05) is 44.2 Å². The van der Waals surface area contributed by atoms with Crippen molar-refractivity contribution in [2.45, 2.75) is 62.1 Å². The Morgan fingerprint density at radius 1 is 1.16 bits per heavy atom. The number of amides is 1. The molecule has 0 aromatic heterocycles. The van der Waals surface area contributed by atoms with Crippen LogP contribution in [0.15, 0.2) is 48.6 Å². The summed E-state index contributed by atoms with van der Waals surface area (Å²) in [5, 5.41) is 22.5. The number of anilines is 1. The maximum atomic E-state index is 13.1. The number of ether oxygens (including phenoxy) is 2. The third kappa shape index (κ3) is 5.54. The third-order valence-corrected chi connectivity index (χ3v) is 10.6. The van der Waals surface area contributed by atoms with Crippen LogP contribution in [-0.4, -0.2) is 73.5 Å². The lowest BCUT2D eigenvalue weighted by atomic mass is 9.68. The molecule has 2 heterocycles. The van der Waals surface area contributed by atoms with Crippen molar-refractivity contribution in [2.75, 3.05) is 45.3 Å². The first-order chi connectivity index (χ1) is 20.6. The summed E-state index contributed by atoms with van der Waals surface area (Å²) in [5.41, 5.74) is 0.766. The summed E-state index contributed by atoms with van der Waals surface area (Å²) in [7, 11) is 3.39. The van der Waals surface area contributed by atoms with Gasteiger partial charge in [0.1, 0.15) is 5.75 Å². The van der Waals surface area contributed by atoms with Crippen molar-refractivity contribution in [3.63, 3.8) is 0 Å². The van der Waals surface area contributed by atoms with Crippen LogP contribution < -0.4 is 9.64 Å². The average Bonchev–Trinajstić information content (AvgIpc) is 3.12. The Kier molecular flexibility index (Phi) is 8.22. The number of carboxylic acid groups (broad SMARTS) is 1. The molecule has 4 aliphatic rings. The molecular formula is C34H41ClN2O6. The van der Waals surface area contributed by atoms with Gasteiger partial charge in [-0.3, -0.25) is 4.79 Å². The van der Waals surface area contributed by atoms with E-state index in [1.807, 2.05) is 18.2 Å². The van der Waals surface area contributed by atoms with Gasteiger partial charge in [-0.05, 0) is 91.3 Å². The van der Waals surface area contributed by atoms with E-state index >= 15 is 0 Å². The zero-order chi connectivity index (χ0) is 30.4. The van der Waals surface area contributed by atoms with Gasteiger partial charge >= 0.3 is 5.97 Å². The number of hydrogen-bond donors (Lipinski definition) is 2. The average molecular weight is 609 g/mol. The quantitative estimate of drug-likeness (QED) is 0.466. The van der Waals surface area contributed by atoms with E-state index in [0.717, 1.165) is 55.8 Å². The van der Waals surface area contributed by atoms with Gasteiger partial charge in [0.15, 0.2) is 5.60 Å². The minimum Gasteiger partial charge on any atom is -0.490 e. The molecule has 1 fully saturated rings. The first kappa shape index (κ1) is 30.0. The number of likely N-dealkylation sites (N-methyl/N-ethyl adjacent to an activating group) is 1. The highest BCUT2D eigenvalue weighted by Gasteiger charge is 2.46. The monoisotopic (exact) mass is 608 g/mol. The van der Waals surface area contributed by atoms with Crippen LogP contribution in [0.2, 0.25) is 5.02 Å². The number of fused-ring (bicyclic) bond motifs is 4. The van der Waals surface area contributed by atoms with Crippen molar-refractivity contribution in [1.82, 2.24) is 4.90 Å². The molecule has 0 saturated heterocycles. The minimum atomic E-state index is -2.38. The Bertz CT molecular complexity index is 1430. The summed E-state index contributed by atoms with van der Waals surface area (Å²) in [6.07, 6.45) is 9.30. The fraction of sp³-hybridized carbons (Fsp3) is 0.529. The minimum absolute atomic E-state index is 0.0709. The van der Waals surface area contributed by atoms with Gasteiger partial charge in [-0.15, -0.1) is 0 Å². The number of aliphatic carboxylic acids is 1. The fourth-order valence-corrected chi connectivity index (χ4v) is 7.83. The normalized spacial score (nSPS) is 31.7. The first-order valence-electron chi connectivity index (χ1n) is 15.3. The van der Waals surface area contributed by atoms with Crippen LogP contribution in [0.3, 0.4) is 0 Å². The molecule has 1 saturated carbocycles. The molecule has 5 atom stereocenters. The van der Waals surface area contributed by atoms with Gasteiger partial charge in [0.2, 0.25) is 5.91 Å². The molecule has 0 unspecified atom stereocenters. The number of carbonyl (C=O) groups is 2. The number of halogens is 1. The molecule has 8 nitrogen and oxygen atoms in total. The highest BCUT2D eigenvalue weighted by Crippen LogP contribution is 2.47. The summed E-state index contributed by atoms with van der Waals surface area (Å²) in [6.45, 7) is 2.24. The third-order valence-electron chi connectivity index (χ3n) is 10.3. The molecule has 6 rings (SSSR count). The molecule has 2 N–H and O–H groups in total. The summed E-state index contributed by atoms with van der Waals surface area (Å²) < 4.78 is 12.6. The number of carbonyl (C=O) groups excluding carboxylic acids is 1. The summed E-state index contributed by atoms with van der Waals surface area (Å²) >= 11 is 6.41. The number of benzene rings is 2. The Labute approximate surface area is 258 Å². The lowest BCUT2D eigenvalue weighted by Gasteiger charge is -2.46. The number of rotatable bonds is 2. The second kappa shape index (κ2) is 11.8. The molecule has 1 amide bonds. The van der Waals surface area contributed by atoms with E-state index in [4.69, 9.17) is 21.1 Å². The lowest BCUT2D eigenvalue weighted by molar-refractivity contribution is -0.164. The molecule has 2 aromatic rings. The maximum Gasteiger partial charge on any atom is 0.340 e. The molecule has 2 aliphatic heterocycles. The van der Waals surface area contributed by atoms with Crippen LogP contribution in [0, 0.1) is 11.8 Å². The molecule has 2 aromatic carbocycles. The fourth-order valence-electron chi connectivity index (χ4n) is 7.63. The van der Waals surface area contributed by atoms with E-state index in [2.05, 4.69) is 17.0 Å². The predicted octanol–water partition coefficient (Wildman–Crippen LogP) is 4.93. The molecule has 230 valence electrons. The van der Waals surface area contributed by atoms with Gasteiger partial charge in [-0.1, -0.05) is 35.9 Å². The molecule has 2 aliphatic carbocycles. The van der Waals surface area contributed by atoms with Crippen molar-refractivity contribution in [3.05, 3.63) is 70.3 Å². The zero-order valence-electron chi connectivity index (χ0n) is 24.9. The summed E-state index contributed by atoms with van der Waals surface area (Å²) in [4.78, 5) is 29.5. The van der Waals surface area contributed by atoms with E-state index < -0.39 is 23.9 Å². The van der Waals surface area contributed by atoms with Crippen LogP contribution in [0.5, 0.6) is 5.75 Å². The van der Waals surface area contributed by atoms with E-state index in [-0.39, 0.29) is 17.1 Å². The van der Waals surface area contributed by atoms with Gasteiger partial charge < -0.3 is 29.5 Å². The van der Waals surface area contributed by atoms with E-state index in [1.165, 1.54) is 16.0 Å². The van der Waals surface area contributed by atoms with Crippen LogP contribution in [0.1, 0.15) is 55.2 Å². The first-order valence-corrected chi connectivity index (χ1v) is 15.7. The Morgan fingerprint density at radius 2 is 2.00 bits per heavy atom. The van der Waals surface area contributed by atoms with Gasteiger partial charge in [-0.25, -0.2) is 4.79 Å². The maximum absolute atomic E-state index is 13.1. The SMILES string of the molecule is CO[C@H]1C/C=C\CN(C)C(=O)C[C@](O)(C(=O)O)c2ccc3c(c2)N(C[C@@H]2CC[C@H]21)C[C@@]1(CCCc2cc(Cl)ccc21)CO3. The highest BCUT2D eigenvalue weighted by molar-refractivity contribution is 6.30. The van der Waals surface area contributed by atoms with Crippen LogP contribution in [-0.2, 0) is 31.8 Å². The van der Waals surface area contributed by atoms with Crippen LogP contribution in [0.25, 0.3) is 0 Å². The van der Waals surface area contributed by atoms with Crippen LogP contribution in [0.4, 0.5) is 5.69 Å². The number of aliphatic hydroxyl groups is 1. The number of hydrogen-bond acceptors (Lipinski definition) is 6. The van der Waals surface area contributed by atoms with Crippen LogP contribution >= 0.6 is 11.6 Å². The second-order valence-corrected chi connectivity index (χ2v) is 13.3. The number of methoxy groups -OCH3 is 1. The molecule has 43 heavy (non-hydrogen) atoms. The second-order valence-electron chi connectivity index (χ2n) is 12.9. The summed E-state index contributed by atoms with van der Waals surface area (Å²) in [6, 6.07) is 11.2. The highest BCUT2D eigenvalue weighted by atomic mass is 35.5. The van der Waals surface area contributed by atoms with Crippen molar-refractivity contribution in [1.29, 1.82) is 0 Å². The van der Waals surface area contributed by atoms with Gasteiger partial charge in [0.05, 0.1) is 24.8 Å².